The number of hydrogen-bond acceptors (Lipinski definition) is 3. The highest BCUT2D eigenvalue weighted by Gasteiger charge is 2.55. The maximum atomic E-state index is 12.5. The Bertz CT molecular complexity index is 648. The van der Waals surface area contributed by atoms with Gasteiger partial charge in [0.25, 0.3) is 0 Å². The molecule has 0 spiro atoms. The van der Waals surface area contributed by atoms with Crippen LogP contribution in [0.5, 0.6) is 5.75 Å². The zero-order valence-corrected chi connectivity index (χ0v) is 12.3. The summed E-state index contributed by atoms with van der Waals surface area (Å²) in [4.78, 5) is 24.7. The van der Waals surface area contributed by atoms with Crippen molar-refractivity contribution in [3.05, 3.63) is 29.3 Å². The fourth-order valence-electron chi connectivity index (χ4n) is 5.16. The molecule has 4 rings (SSSR count). The molecule has 0 amide bonds. The number of hydrogen-bond donors (Lipinski definition) is 1. The maximum Gasteiger partial charge on any atom is 0.163 e. The second-order valence-electron chi connectivity index (χ2n) is 7.19. The van der Waals surface area contributed by atoms with Crippen LogP contribution >= 0.6 is 0 Å². The monoisotopic (exact) mass is 284 g/mol. The summed E-state index contributed by atoms with van der Waals surface area (Å²) in [7, 11) is 0. The number of benzene rings is 1. The second-order valence-corrected chi connectivity index (χ2v) is 7.19. The molecule has 110 valence electrons. The van der Waals surface area contributed by atoms with Gasteiger partial charge in [0.05, 0.1) is 0 Å². The molecule has 0 aromatic heterocycles. The molecule has 3 nitrogen and oxygen atoms in total. The van der Waals surface area contributed by atoms with E-state index in [2.05, 4.69) is 6.92 Å². The molecule has 0 bridgehead atoms. The number of fused-ring (bicyclic) bond motifs is 5. The lowest BCUT2D eigenvalue weighted by atomic mass is 9.55. The van der Waals surface area contributed by atoms with Crippen LogP contribution in [-0.4, -0.2) is 16.7 Å². The van der Waals surface area contributed by atoms with Crippen molar-refractivity contribution in [2.24, 2.45) is 17.3 Å². The molecule has 0 heterocycles. The molecule has 2 fully saturated rings. The van der Waals surface area contributed by atoms with Gasteiger partial charge < -0.3 is 5.11 Å². The van der Waals surface area contributed by atoms with Crippen LogP contribution in [0.4, 0.5) is 0 Å². The summed E-state index contributed by atoms with van der Waals surface area (Å²) in [6, 6.07) is 5.21. The van der Waals surface area contributed by atoms with E-state index in [1.165, 1.54) is 0 Å². The van der Waals surface area contributed by atoms with Gasteiger partial charge in [-0.1, -0.05) is 13.0 Å². The summed E-state index contributed by atoms with van der Waals surface area (Å²) in [5.74, 6) is 1.73. The molecule has 1 aromatic rings. The molecule has 1 N–H and O–H groups in total. The SMILES string of the molecule is C[C@@]12CC[C@@H]3c4ccc(O)cc4C(=O)C[C@H]3[C@@H]1CCC2=O. The Morgan fingerprint density at radius 1 is 1.24 bits per heavy atom. The van der Waals surface area contributed by atoms with Crippen LogP contribution in [0.15, 0.2) is 18.2 Å². The van der Waals surface area contributed by atoms with Crippen LogP contribution in [0.3, 0.4) is 0 Å². The van der Waals surface area contributed by atoms with Gasteiger partial charge in [-0.25, -0.2) is 0 Å². The molecule has 0 unspecified atom stereocenters. The fraction of sp³-hybridized carbons (Fsp3) is 0.556. The van der Waals surface area contributed by atoms with E-state index >= 15 is 0 Å². The zero-order chi connectivity index (χ0) is 14.8. The molecular weight excluding hydrogens is 264 g/mol. The lowest BCUT2D eigenvalue weighted by Gasteiger charge is -2.47. The largest absolute Gasteiger partial charge is 0.508 e. The van der Waals surface area contributed by atoms with Crippen molar-refractivity contribution in [2.45, 2.75) is 44.9 Å². The summed E-state index contributed by atoms with van der Waals surface area (Å²) in [6.45, 7) is 2.11. The molecule has 3 aliphatic carbocycles. The molecular formula is C18H20O3. The Balaban J connectivity index is 1.78. The minimum absolute atomic E-state index is 0.130. The van der Waals surface area contributed by atoms with Crippen LogP contribution in [0.25, 0.3) is 0 Å². The van der Waals surface area contributed by atoms with E-state index in [1.807, 2.05) is 6.07 Å². The first-order chi connectivity index (χ1) is 10.0. The third kappa shape index (κ3) is 1.66. The van der Waals surface area contributed by atoms with Gasteiger partial charge in [-0.05, 0) is 54.7 Å². The Labute approximate surface area is 124 Å². The molecule has 3 heteroatoms. The van der Waals surface area contributed by atoms with Gasteiger partial charge in [-0.3, -0.25) is 9.59 Å². The van der Waals surface area contributed by atoms with Gasteiger partial charge in [0, 0.05) is 23.8 Å². The summed E-state index contributed by atoms with van der Waals surface area (Å²) in [5.41, 5.74) is 1.59. The van der Waals surface area contributed by atoms with E-state index in [-0.39, 0.29) is 16.9 Å². The van der Waals surface area contributed by atoms with E-state index in [0.29, 0.717) is 41.9 Å². The lowest BCUT2D eigenvalue weighted by Crippen LogP contribution is -2.43. The van der Waals surface area contributed by atoms with Crippen molar-refractivity contribution in [2.75, 3.05) is 0 Å². The van der Waals surface area contributed by atoms with Gasteiger partial charge in [0.2, 0.25) is 0 Å². The highest BCUT2D eigenvalue weighted by Crippen LogP contribution is 2.59. The smallest absolute Gasteiger partial charge is 0.163 e. The Kier molecular flexibility index (Phi) is 2.60. The van der Waals surface area contributed by atoms with Gasteiger partial charge >= 0.3 is 0 Å². The number of Topliss-reactive ketones (excluding diaryl/α,β-unsaturated/α-hetero) is 2. The second kappa shape index (κ2) is 4.19. The van der Waals surface area contributed by atoms with Crippen LogP contribution in [0.2, 0.25) is 0 Å². The average molecular weight is 284 g/mol. The first kappa shape index (κ1) is 13.1. The van der Waals surface area contributed by atoms with Gasteiger partial charge in [-0.2, -0.15) is 0 Å². The first-order valence-corrected chi connectivity index (χ1v) is 7.90. The zero-order valence-electron chi connectivity index (χ0n) is 12.3. The number of rotatable bonds is 0. The number of carbonyl (C=O) groups is 2. The first-order valence-electron chi connectivity index (χ1n) is 7.90. The molecule has 1 aromatic carbocycles. The quantitative estimate of drug-likeness (QED) is 0.793. The van der Waals surface area contributed by atoms with Crippen LogP contribution in [-0.2, 0) is 4.79 Å². The predicted molar refractivity (Wildman–Crippen MR) is 78.4 cm³/mol. The molecule has 3 aliphatic rings. The van der Waals surface area contributed by atoms with E-state index in [1.54, 1.807) is 12.1 Å². The lowest BCUT2D eigenvalue weighted by molar-refractivity contribution is -0.129. The van der Waals surface area contributed by atoms with E-state index in [9.17, 15) is 14.7 Å². The van der Waals surface area contributed by atoms with Crippen LogP contribution in [0.1, 0.15) is 60.9 Å². The number of carbonyl (C=O) groups excluding carboxylic acids is 2. The summed E-state index contributed by atoms with van der Waals surface area (Å²) in [6.07, 6.45) is 4.08. The summed E-state index contributed by atoms with van der Waals surface area (Å²) in [5, 5.41) is 9.63. The normalized spacial score (nSPS) is 37.9. The summed E-state index contributed by atoms with van der Waals surface area (Å²) >= 11 is 0. The summed E-state index contributed by atoms with van der Waals surface area (Å²) < 4.78 is 0. The molecule has 0 saturated heterocycles. The average Bonchev–Trinajstić information content (AvgIpc) is 2.76. The van der Waals surface area contributed by atoms with Crippen molar-refractivity contribution in [1.29, 1.82) is 0 Å². The van der Waals surface area contributed by atoms with E-state index < -0.39 is 0 Å². The highest BCUT2D eigenvalue weighted by atomic mass is 16.3. The standard InChI is InChI=1S/C18H20O3/c1-18-7-6-12-11-3-2-10(19)8-14(11)16(20)9-13(12)15(18)4-5-17(18)21/h2-3,8,12-13,15,19H,4-7,9H2,1H3/t12-,13-,15+,18-/m1/s1. The topological polar surface area (TPSA) is 54.4 Å². The number of phenolic OH excluding ortho intramolecular Hbond substituents is 1. The molecule has 4 atom stereocenters. The van der Waals surface area contributed by atoms with Crippen molar-refractivity contribution < 1.29 is 14.7 Å². The Hall–Kier alpha value is -1.64. The highest BCUT2D eigenvalue weighted by molar-refractivity contribution is 5.99. The van der Waals surface area contributed by atoms with Gasteiger partial charge in [0.15, 0.2) is 5.78 Å². The van der Waals surface area contributed by atoms with E-state index in [4.69, 9.17) is 0 Å². The van der Waals surface area contributed by atoms with Gasteiger partial charge in [-0.15, -0.1) is 0 Å². The Morgan fingerprint density at radius 2 is 2.05 bits per heavy atom. The minimum atomic E-state index is -0.199. The maximum absolute atomic E-state index is 12.5. The fourth-order valence-corrected chi connectivity index (χ4v) is 5.16. The third-order valence-corrected chi connectivity index (χ3v) is 6.30. The predicted octanol–water partition coefficient (Wildman–Crippen LogP) is 3.46. The van der Waals surface area contributed by atoms with Crippen molar-refractivity contribution in [3.8, 4) is 5.75 Å². The molecule has 0 radical (unpaired) electrons. The number of phenols is 1. The van der Waals surface area contributed by atoms with Crippen LogP contribution in [0, 0.1) is 17.3 Å². The minimum Gasteiger partial charge on any atom is -0.508 e. The third-order valence-electron chi connectivity index (χ3n) is 6.30. The number of ketones is 2. The van der Waals surface area contributed by atoms with Crippen LogP contribution < -0.4 is 0 Å². The molecule has 2 saturated carbocycles. The molecule has 0 aliphatic heterocycles. The van der Waals surface area contributed by atoms with Crippen molar-refractivity contribution in [1.82, 2.24) is 0 Å². The Morgan fingerprint density at radius 3 is 2.86 bits per heavy atom. The van der Waals surface area contributed by atoms with E-state index in [0.717, 1.165) is 24.8 Å². The van der Waals surface area contributed by atoms with Crippen molar-refractivity contribution in [3.63, 3.8) is 0 Å². The van der Waals surface area contributed by atoms with Gasteiger partial charge in [0.1, 0.15) is 11.5 Å². The molecule has 21 heavy (non-hydrogen) atoms. The van der Waals surface area contributed by atoms with Crippen molar-refractivity contribution >= 4 is 11.6 Å². The number of aromatic hydroxyl groups is 1.